The van der Waals surface area contributed by atoms with E-state index in [1.54, 1.807) is 24.3 Å². The summed E-state index contributed by atoms with van der Waals surface area (Å²) in [6, 6.07) is 9.34. The number of furan rings is 1. The van der Waals surface area contributed by atoms with Crippen molar-refractivity contribution < 1.29 is 12.8 Å². The van der Waals surface area contributed by atoms with Gasteiger partial charge in [0, 0.05) is 0 Å². The second-order valence-electron chi connectivity index (χ2n) is 3.46. The van der Waals surface area contributed by atoms with Gasteiger partial charge in [-0.05, 0) is 35.9 Å². The molecule has 0 atom stereocenters. The Bertz CT molecular complexity index is 652. The predicted molar refractivity (Wildman–Crippen MR) is 69.2 cm³/mol. The van der Waals surface area contributed by atoms with E-state index in [-0.39, 0.29) is 21.7 Å². The first-order chi connectivity index (χ1) is 8.49. The van der Waals surface area contributed by atoms with Crippen molar-refractivity contribution in [3.8, 4) is 0 Å². The number of hydrogen-bond acceptors (Lipinski definition) is 3. The lowest BCUT2D eigenvalue weighted by molar-refractivity contribution is 0.500. The summed E-state index contributed by atoms with van der Waals surface area (Å²) in [5, 5.41) is 0.379. The van der Waals surface area contributed by atoms with Crippen molar-refractivity contribution in [2.75, 3.05) is 0 Å². The number of benzene rings is 1. The molecular weight excluding hydrogens is 297 g/mol. The van der Waals surface area contributed by atoms with Gasteiger partial charge in [0.2, 0.25) is 10.0 Å². The molecule has 0 aliphatic heterocycles. The molecule has 0 bridgehead atoms. The van der Waals surface area contributed by atoms with Crippen LogP contribution in [0.15, 0.2) is 45.7 Å². The van der Waals surface area contributed by atoms with E-state index in [1.807, 2.05) is 0 Å². The third-order valence-corrected chi connectivity index (χ3v) is 4.30. The maximum Gasteiger partial charge on any atom is 0.242 e. The van der Waals surface area contributed by atoms with Crippen LogP contribution in [-0.4, -0.2) is 8.42 Å². The number of sulfonamides is 1. The van der Waals surface area contributed by atoms with Gasteiger partial charge in [-0.15, -0.1) is 0 Å². The summed E-state index contributed by atoms with van der Waals surface area (Å²) in [4.78, 5) is 0.0318. The molecule has 1 aromatic carbocycles. The Labute approximate surface area is 115 Å². The van der Waals surface area contributed by atoms with Gasteiger partial charge in [0.05, 0.1) is 11.6 Å². The molecule has 0 aliphatic rings. The molecular formula is C11H9Cl2NO3S. The Morgan fingerprint density at radius 3 is 2.44 bits per heavy atom. The molecule has 1 aromatic heterocycles. The molecule has 0 saturated carbocycles. The SMILES string of the molecule is O=S(=O)(NCc1ccc(Cl)o1)c1ccccc1Cl. The van der Waals surface area contributed by atoms with Crippen molar-refractivity contribution in [1.29, 1.82) is 0 Å². The number of nitrogens with one attached hydrogen (secondary N) is 1. The molecule has 0 aliphatic carbocycles. The fourth-order valence-corrected chi connectivity index (χ4v) is 3.03. The topological polar surface area (TPSA) is 59.3 Å². The van der Waals surface area contributed by atoms with Gasteiger partial charge in [0.1, 0.15) is 10.7 Å². The molecule has 0 spiro atoms. The lowest BCUT2D eigenvalue weighted by atomic mass is 10.4. The average molecular weight is 306 g/mol. The first kappa shape index (κ1) is 13.4. The summed E-state index contributed by atoms with van der Waals surface area (Å²) in [5.41, 5.74) is 0. The van der Waals surface area contributed by atoms with Gasteiger partial charge in [-0.1, -0.05) is 23.7 Å². The molecule has 18 heavy (non-hydrogen) atoms. The third-order valence-electron chi connectivity index (χ3n) is 2.19. The molecule has 1 N–H and O–H groups in total. The molecule has 2 rings (SSSR count). The van der Waals surface area contributed by atoms with Crippen molar-refractivity contribution in [2.45, 2.75) is 11.4 Å². The van der Waals surface area contributed by atoms with Crippen LogP contribution in [0.5, 0.6) is 0 Å². The van der Waals surface area contributed by atoms with Gasteiger partial charge in [0.15, 0.2) is 5.22 Å². The molecule has 0 fully saturated rings. The van der Waals surface area contributed by atoms with Crippen LogP contribution in [0.4, 0.5) is 0 Å². The van der Waals surface area contributed by atoms with E-state index in [4.69, 9.17) is 27.6 Å². The smallest absolute Gasteiger partial charge is 0.242 e. The zero-order chi connectivity index (χ0) is 13.2. The minimum atomic E-state index is -3.66. The first-order valence-corrected chi connectivity index (χ1v) is 7.21. The van der Waals surface area contributed by atoms with Crippen molar-refractivity contribution in [3.63, 3.8) is 0 Å². The predicted octanol–water partition coefficient (Wildman–Crippen LogP) is 3.06. The summed E-state index contributed by atoms with van der Waals surface area (Å²) in [6.45, 7) is 0.0142. The van der Waals surface area contributed by atoms with Crippen molar-refractivity contribution in [1.82, 2.24) is 4.72 Å². The Morgan fingerprint density at radius 2 is 1.83 bits per heavy atom. The fraction of sp³-hybridized carbons (Fsp3) is 0.0909. The molecule has 4 nitrogen and oxygen atoms in total. The number of halogens is 2. The van der Waals surface area contributed by atoms with E-state index in [1.165, 1.54) is 12.1 Å². The summed E-state index contributed by atoms with van der Waals surface area (Å²) in [6.07, 6.45) is 0. The van der Waals surface area contributed by atoms with Gasteiger partial charge in [-0.25, -0.2) is 13.1 Å². The van der Waals surface area contributed by atoms with E-state index in [0.29, 0.717) is 5.76 Å². The minimum Gasteiger partial charge on any atom is -0.448 e. The van der Waals surface area contributed by atoms with Crippen LogP contribution in [0.2, 0.25) is 10.2 Å². The highest BCUT2D eigenvalue weighted by Gasteiger charge is 2.17. The van der Waals surface area contributed by atoms with E-state index < -0.39 is 10.0 Å². The fourth-order valence-electron chi connectivity index (χ4n) is 1.35. The molecule has 0 amide bonds. The van der Waals surface area contributed by atoms with Crippen LogP contribution >= 0.6 is 23.2 Å². The van der Waals surface area contributed by atoms with Crippen molar-refractivity contribution in [2.24, 2.45) is 0 Å². The second kappa shape index (κ2) is 5.32. The number of rotatable bonds is 4. The van der Waals surface area contributed by atoms with E-state index in [9.17, 15) is 8.42 Å². The van der Waals surface area contributed by atoms with Crippen molar-refractivity contribution >= 4 is 33.2 Å². The van der Waals surface area contributed by atoms with Gasteiger partial charge in [0.25, 0.3) is 0 Å². The van der Waals surface area contributed by atoms with Crippen LogP contribution in [0.1, 0.15) is 5.76 Å². The van der Waals surface area contributed by atoms with Gasteiger partial charge in [-0.3, -0.25) is 0 Å². The monoisotopic (exact) mass is 305 g/mol. The molecule has 0 saturated heterocycles. The summed E-state index contributed by atoms with van der Waals surface area (Å²) >= 11 is 11.4. The van der Waals surface area contributed by atoms with Gasteiger partial charge < -0.3 is 4.42 Å². The summed E-state index contributed by atoms with van der Waals surface area (Å²) in [7, 11) is -3.66. The van der Waals surface area contributed by atoms with E-state index >= 15 is 0 Å². The molecule has 1 heterocycles. The maximum atomic E-state index is 12.0. The highest BCUT2D eigenvalue weighted by molar-refractivity contribution is 7.89. The lowest BCUT2D eigenvalue weighted by Gasteiger charge is -2.06. The van der Waals surface area contributed by atoms with Crippen LogP contribution in [0.25, 0.3) is 0 Å². The van der Waals surface area contributed by atoms with Crippen LogP contribution < -0.4 is 4.72 Å². The zero-order valence-electron chi connectivity index (χ0n) is 9.06. The highest BCUT2D eigenvalue weighted by atomic mass is 35.5. The van der Waals surface area contributed by atoms with Crippen LogP contribution in [-0.2, 0) is 16.6 Å². The van der Waals surface area contributed by atoms with E-state index in [2.05, 4.69) is 4.72 Å². The highest BCUT2D eigenvalue weighted by Crippen LogP contribution is 2.20. The molecule has 0 unspecified atom stereocenters. The van der Waals surface area contributed by atoms with Crippen molar-refractivity contribution in [3.05, 3.63) is 52.4 Å². The molecule has 96 valence electrons. The first-order valence-electron chi connectivity index (χ1n) is 4.97. The lowest BCUT2D eigenvalue weighted by Crippen LogP contribution is -2.23. The largest absolute Gasteiger partial charge is 0.448 e. The molecule has 0 radical (unpaired) electrons. The van der Waals surface area contributed by atoms with Gasteiger partial charge >= 0.3 is 0 Å². The molecule has 2 aromatic rings. The molecule has 7 heteroatoms. The quantitative estimate of drug-likeness (QED) is 0.944. The van der Waals surface area contributed by atoms with Crippen LogP contribution in [0.3, 0.4) is 0 Å². The van der Waals surface area contributed by atoms with Gasteiger partial charge in [-0.2, -0.15) is 0 Å². The maximum absolute atomic E-state index is 12.0. The second-order valence-corrected chi connectivity index (χ2v) is 5.98. The number of hydrogen-bond donors (Lipinski definition) is 1. The standard InChI is InChI=1S/C11H9Cl2NO3S/c12-9-3-1-2-4-10(9)18(15,16)14-7-8-5-6-11(13)17-8/h1-6,14H,7H2. The Morgan fingerprint density at radius 1 is 1.11 bits per heavy atom. The Balaban J connectivity index is 2.16. The normalized spacial score (nSPS) is 11.7. The van der Waals surface area contributed by atoms with Crippen LogP contribution in [0, 0.1) is 0 Å². The summed E-state index contributed by atoms with van der Waals surface area (Å²) in [5.74, 6) is 0.427. The zero-order valence-corrected chi connectivity index (χ0v) is 11.4. The Hall–Kier alpha value is -1.01. The van der Waals surface area contributed by atoms with E-state index in [0.717, 1.165) is 0 Å². The third kappa shape index (κ3) is 3.05. The minimum absolute atomic E-state index is 0.0142. The Kier molecular flexibility index (Phi) is 3.97. The average Bonchev–Trinajstić information content (AvgIpc) is 2.73. The summed E-state index contributed by atoms with van der Waals surface area (Å²) < 4.78 is 31.4.